The fraction of sp³-hybridized carbons (Fsp3) is 0.300. The van der Waals surface area contributed by atoms with Gasteiger partial charge in [-0.25, -0.2) is 0 Å². The van der Waals surface area contributed by atoms with Crippen LogP contribution >= 0.6 is 0 Å². The molecule has 0 saturated heterocycles. The summed E-state index contributed by atoms with van der Waals surface area (Å²) in [7, 11) is 0. The first-order chi connectivity index (χ1) is 9.55. The Morgan fingerprint density at radius 1 is 0.800 bits per heavy atom. The average Bonchev–Trinajstić information content (AvgIpc) is 2.64. The second-order valence-corrected chi connectivity index (χ2v) is 6.95. The van der Waals surface area contributed by atoms with Crippen LogP contribution in [0.2, 0.25) is 0 Å². The van der Waals surface area contributed by atoms with E-state index in [1.165, 1.54) is 22.3 Å². The Kier molecular flexibility index (Phi) is 2.17. The molecule has 2 aromatic carbocycles. The minimum Gasteiger partial charge on any atom is -0.0730 e. The molecule has 2 aliphatic carbocycles. The van der Waals surface area contributed by atoms with Crippen molar-refractivity contribution >= 4 is 6.08 Å². The van der Waals surface area contributed by atoms with Crippen LogP contribution in [0.3, 0.4) is 0 Å². The summed E-state index contributed by atoms with van der Waals surface area (Å²) in [6, 6.07) is 17.9. The molecule has 0 nitrogen and oxygen atoms in total. The molecule has 0 heteroatoms. The zero-order chi connectivity index (χ0) is 14.0. The van der Waals surface area contributed by atoms with Crippen LogP contribution in [0.1, 0.15) is 48.9 Å². The Morgan fingerprint density at radius 2 is 1.45 bits per heavy atom. The molecular weight excluding hydrogens is 240 g/mol. The molecule has 0 radical (unpaired) electrons. The molecule has 20 heavy (non-hydrogen) atoms. The monoisotopic (exact) mass is 260 g/mol. The summed E-state index contributed by atoms with van der Waals surface area (Å²) >= 11 is 0. The molecule has 0 fully saturated rings. The lowest BCUT2D eigenvalue weighted by Crippen LogP contribution is -2.34. The minimum absolute atomic E-state index is 0.119. The predicted molar refractivity (Wildman–Crippen MR) is 85.0 cm³/mol. The van der Waals surface area contributed by atoms with Gasteiger partial charge in [0.1, 0.15) is 0 Å². The number of rotatable bonds is 0. The van der Waals surface area contributed by atoms with Crippen molar-refractivity contribution in [3.05, 3.63) is 76.9 Å². The number of hydrogen-bond donors (Lipinski definition) is 0. The molecule has 100 valence electrons. The SMILES string of the molecule is CC1(C)c2ccccc2[C@@]2(C)C=Cc3ccccc3[C@@H]12. The van der Waals surface area contributed by atoms with Crippen molar-refractivity contribution in [2.24, 2.45) is 0 Å². The van der Waals surface area contributed by atoms with E-state index in [0.717, 1.165) is 0 Å². The van der Waals surface area contributed by atoms with Gasteiger partial charge in [-0.15, -0.1) is 0 Å². The Labute approximate surface area is 121 Å². The Hall–Kier alpha value is -1.82. The average molecular weight is 260 g/mol. The van der Waals surface area contributed by atoms with Crippen molar-refractivity contribution in [2.75, 3.05) is 0 Å². The van der Waals surface area contributed by atoms with Crippen LogP contribution < -0.4 is 0 Å². The van der Waals surface area contributed by atoms with Crippen LogP contribution in [0.5, 0.6) is 0 Å². The van der Waals surface area contributed by atoms with E-state index in [1.54, 1.807) is 0 Å². The zero-order valence-corrected chi connectivity index (χ0v) is 12.4. The lowest BCUT2D eigenvalue weighted by Gasteiger charge is -2.40. The van der Waals surface area contributed by atoms with E-state index >= 15 is 0 Å². The van der Waals surface area contributed by atoms with Crippen LogP contribution in [0.25, 0.3) is 6.08 Å². The topological polar surface area (TPSA) is 0 Å². The largest absolute Gasteiger partial charge is 0.0730 e. The first-order valence-corrected chi connectivity index (χ1v) is 7.43. The van der Waals surface area contributed by atoms with Crippen molar-refractivity contribution < 1.29 is 0 Å². The van der Waals surface area contributed by atoms with Gasteiger partial charge in [-0.2, -0.15) is 0 Å². The van der Waals surface area contributed by atoms with Gasteiger partial charge in [-0.05, 0) is 27.7 Å². The predicted octanol–water partition coefficient (Wildman–Crippen LogP) is 5.05. The summed E-state index contributed by atoms with van der Waals surface area (Å²) < 4.78 is 0. The normalized spacial score (nSPS) is 28.6. The molecule has 2 atom stereocenters. The van der Waals surface area contributed by atoms with E-state index in [9.17, 15) is 0 Å². The Balaban J connectivity index is 2.06. The van der Waals surface area contributed by atoms with Crippen molar-refractivity contribution in [1.82, 2.24) is 0 Å². The highest BCUT2D eigenvalue weighted by molar-refractivity contribution is 5.67. The minimum atomic E-state index is 0.119. The van der Waals surface area contributed by atoms with Gasteiger partial charge in [0.2, 0.25) is 0 Å². The van der Waals surface area contributed by atoms with Gasteiger partial charge in [0.15, 0.2) is 0 Å². The molecule has 0 heterocycles. The molecule has 2 aromatic rings. The van der Waals surface area contributed by atoms with Gasteiger partial charge in [-0.3, -0.25) is 0 Å². The smallest absolute Gasteiger partial charge is 0.0187 e. The van der Waals surface area contributed by atoms with Gasteiger partial charge in [0, 0.05) is 11.3 Å². The van der Waals surface area contributed by atoms with Crippen LogP contribution in [-0.2, 0) is 10.8 Å². The molecule has 0 unspecified atom stereocenters. The summed E-state index contributed by atoms with van der Waals surface area (Å²) in [5.74, 6) is 0.522. The molecule has 0 aliphatic heterocycles. The molecule has 0 bridgehead atoms. The third-order valence-corrected chi connectivity index (χ3v) is 5.44. The standard InChI is InChI=1S/C20H20/c1-19(2)16-10-6-7-11-17(16)20(3)13-12-14-8-4-5-9-15(14)18(19)20/h4-13,18H,1-3H3/t18-,20+/m0/s1. The maximum atomic E-state index is 2.42. The molecular formula is C20H20. The van der Waals surface area contributed by atoms with Gasteiger partial charge in [0.05, 0.1) is 0 Å². The first-order valence-electron chi connectivity index (χ1n) is 7.43. The number of hydrogen-bond acceptors (Lipinski definition) is 0. The highest BCUT2D eigenvalue weighted by Crippen LogP contribution is 2.61. The number of benzene rings is 2. The molecule has 0 N–H and O–H groups in total. The molecule has 0 amide bonds. The molecule has 2 aliphatic rings. The lowest BCUT2D eigenvalue weighted by molar-refractivity contribution is 0.355. The highest BCUT2D eigenvalue weighted by atomic mass is 14.6. The van der Waals surface area contributed by atoms with Gasteiger partial charge < -0.3 is 0 Å². The van der Waals surface area contributed by atoms with E-state index in [4.69, 9.17) is 0 Å². The zero-order valence-electron chi connectivity index (χ0n) is 12.4. The molecule has 0 saturated carbocycles. The maximum absolute atomic E-state index is 2.42. The van der Waals surface area contributed by atoms with E-state index in [1.807, 2.05) is 0 Å². The fourth-order valence-electron chi connectivity index (χ4n) is 4.66. The highest BCUT2D eigenvalue weighted by Gasteiger charge is 2.54. The van der Waals surface area contributed by atoms with Gasteiger partial charge >= 0.3 is 0 Å². The van der Waals surface area contributed by atoms with E-state index in [-0.39, 0.29) is 10.8 Å². The van der Waals surface area contributed by atoms with Crippen molar-refractivity contribution in [1.29, 1.82) is 0 Å². The Bertz CT molecular complexity index is 720. The third-order valence-electron chi connectivity index (χ3n) is 5.44. The third kappa shape index (κ3) is 1.27. The van der Waals surface area contributed by atoms with Crippen LogP contribution in [0.15, 0.2) is 54.6 Å². The summed E-state index contributed by atoms with van der Waals surface area (Å²) in [5, 5.41) is 0. The summed E-state index contributed by atoms with van der Waals surface area (Å²) in [5.41, 5.74) is 6.19. The molecule has 0 aromatic heterocycles. The first kappa shape index (κ1) is 12.0. The van der Waals surface area contributed by atoms with Crippen LogP contribution in [-0.4, -0.2) is 0 Å². The van der Waals surface area contributed by atoms with E-state index < -0.39 is 0 Å². The molecule has 4 rings (SSSR count). The van der Waals surface area contributed by atoms with E-state index in [2.05, 4.69) is 81.5 Å². The second-order valence-electron chi connectivity index (χ2n) is 6.95. The van der Waals surface area contributed by atoms with Crippen molar-refractivity contribution in [3.8, 4) is 0 Å². The summed E-state index contributed by atoms with van der Waals surface area (Å²) in [6.07, 6.45) is 4.73. The maximum Gasteiger partial charge on any atom is 0.0187 e. The quantitative estimate of drug-likeness (QED) is 0.622. The number of fused-ring (bicyclic) bond motifs is 5. The fourth-order valence-corrected chi connectivity index (χ4v) is 4.66. The second kappa shape index (κ2) is 3.63. The van der Waals surface area contributed by atoms with Crippen LogP contribution in [0, 0.1) is 0 Å². The van der Waals surface area contributed by atoms with E-state index in [0.29, 0.717) is 5.92 Å². The Morgan fingerprint density at radius 3 is 2.25 bits per heavy atom. The lowest BCUT2D eigenvalue weighted by atomic mass is 9.62. The van der Waals surface area contributed by atoms with Gasteiger partial charge in [-0.1, -0.05) is 81.5 Å². The van der Waals surface area contributed by atoms with Crippen LogP contribution in [0.4, 0.5) is 0 Å². The van der Waals surface area contributed by atoms with Crippen molar-refractivity contribution in [3.63, 3.8) is 0 Å². The van der Waals surface area contributed by atoms with Crippen molar-refractivity contribution in [2.45, 2.75) is 37.5 Å². The van der Waals surface area contributed by atoms with Gasteiger partial charge in [0.25, 0.3) is 0 Å². The summed E-state index contributed by atoms with van der Waals surface area (Å²) in [6.45, 7) is 7.20. The summed E-state index contributed by atoms with van der Waals surface area (Å²) in [4.78, 5) is 0. The number of allylic oxidation sites excluding steroid dienone is 1. The molecule has 0 spiro atoms.